The van der Waals surface area contributed by atoms with Gasteiger partial charge < -0.3 is 5.32 Å². The molecule has 0 spiro atoms. The van der Waals surface area contributed by atoms with E-state index in [1.807, 2.05) is 36.4 Å². The number of carbonyl (C=O) groups excluding carboxylic acids is 1. The number of carbonyl (C=O) groups is 1. The second-order valence-electron chi connectivity index (χ2n) is 6.73. The SMILES string of the molecule is O=C(CN1CCN(Cc2ccccc2Cl)CC1)NCCc1ccccc1. The van der Waals surface area contributed by atoms with E-state index in [-0.39, 0.29) is 5.91 Å². The van der Waals surface area contributed by atoms with Crippen LogP contribution in [0.2, 0.25) is 5.02 Å². The van der Waals surface area contributed by atoms with Crippen molar-refractivity contribution in [3.63, 3.8) is 0 Å². The summed E-state index contributed by atoms with van der Waals surface area (Å²) in [5, 5.41) is 3.85. The Balaban J connectivity index is 1.34. The summed E-state index contributed by atoms with van der Waals surface area (Å²) in [5.41, 5.74) is 2.42. The Labute approximate surface area is 160 Å². The molecule has 0 atom stereocenters. The summed E-state index contributed by atoms with van der Waals surface area (Å²) in [5.74, 6) is 0.112. The van der Waals surface area contributed by atoms with Crippen LogP contribution < -0.4 is 5.32 Å². The van der Waals surface area contributed by atoms with E-state index in [2.05, 4.69) is 33.3 Å². The van der Waals surface area contributed by atoms with Crippen molar-refractivity contribution in [2.75, 3.05) is 39.3 Å². The maximum absolute atomic E-state index is 12.1. The van der Waals surface area contributed by atoms with E-state index < -0.39 is 0 Å². The van der Waals surface area contributed by atoms with Crippen LogP contribution in [0.5, 0.6) is 0 Å². The Morgan fingerprint density at radius 1 is 0.923 bits per heavy atom. The van der Waals surface area contributed by atoms with Gasteiger partial charge in [0.25, 0.3) is 0 Å². The summed E-state index contributed by atoms with van der Waals surface area (Å²) in [4.78, 5) is 16.8. The maximum atomic E-state index is 12.1. The van der Waals surface area contributed by atoms with E-state index in [9.17, 15) is 4.79 Å². The van der Waals surface area contributed by atoms with Crippen LogP contribution in [0.15, 0.2) is 54.6 Å². The van der Waals surface area contributed by atoms with Crippen LogP contribution >= 0.6 is 11.6 Å². The quantitative estimate of drug-likeness (QED) is 0.813. The summed E-state index contributed by atoms with van der Waals surface area (Å²) in [6.45, 7) is 5.79. The topological polar surface area (TPSA) is 35.6 Å². The summed E-state index contributed by atoms with van der Waals surface area (Å²) in [6.07, 6.45) is 0.873. The second kappa shape index (κ2) is 9.72. The lowest BCUT2D eigenvalue weighted by Gasteiger charge is -2.34. The molecule has 1 N–H and O–H groups in total. The fourth-order valence-electron chi connectivity index (χ4n) is 3.22. The third-order valence-electron chi connectivity index (χ3n) is 4.76. The average Bonchev–Trinajstić information content (AvgIpc) is 2.66. The van der Waals surface area contributed by atoms with Crippen LogP contribution in [0, 0.1) is 0 Å². The van der Waals surface area contributed by atoms with Crippen molar-refractivity contribution in [3.05, 3.63) is 70.7 Å². The van der Waals surface area contributed by atoms with Gasteiger partial charge in [0, 0.05) is 44.3 Å². The molecule has 2 aromatic carbocycles. The van der Waals surface area contributed by atoms with Crippen molar-refractivity contribution in [3.8, 4) is 0 Å². The molecule has 0 saturated carbocycles. The molecule has 5 heteroatoms. The summed E-state index contributed by atoms with van der Waals surface area (Å²) in [6, 6.07) is 18.2. The van der Waals surface area contributed by atoms with E-state index in [0.717, 1.165) is 44.2 Å². The van der Waals surface area contributed by atoms with Crippen LogP contribution in [-0.4, -0.2) is 55.0 Å². The van der Waals surface area contributed by atoms with Crippen LogP contribution in [0.1, 0.15) is 11.1 Å². The fraction of sp³-hybridized carbons (Fsp3) is 0.381. The summed E-state index contributed by atoms with van der Waals surface area (Å²) >= 11 is 6.24. The Hall–Kier alpha value is -1.88. The van der Waals surface area contributed by atoms with Crippen molar-refractivity contribution in [1.29, 1.82) is 0 Å². The van der Waals surface area contributed by atoms with Crippen molar-refractivity contribution < 1.29 is 4.79 Å². The van der Waals surface area contributed by atoms with E-state index >= 15 is 0 Å². The molecule has 4 nitrogen and oxygen atoms in total. The van der Waals surface area contributed by atoms with Crippen molar-refractivity contribution in [2.24, 2.45) is 0 Å². The van der Waals surface area contributed by atoms with Crippen LogP contribution in [0.25, 0.3) is 0 Å². The fourth-order valence-corrected chi connectivity index (χ4v) is 3.42. The molecule has 1 aliphatic heterocycles. The molecular formula is C21H26ClN3O. The molecule has 1 saturated heterocycles. The molecule has 1 amide bonds. The first-order valence-electron chi connectivity index (χ1n) is 9.19. The predicted molar refractivity (Wildman–Crippen MR) is 106 cm³/mol. The molecule has 3 rings (SSSR count). The molecule has 26 heavy (non-hydrogen) atoms. The van der Waals surface area contributed by atoms with Crippen molar-refractivity contribution in [1.82, 2.24) is 15.1 Å². The molecule has 0 bridgehead atoms. The van der Waals surface area contributed by atoms with Gasteiger partial charge in [-0.05, 0) is 23.6 Å². The zero-order valence-electron chi connectivity index (χ0n) is 15.0. The largest absolute Gasteiger partial charge is 0.355 e. The lowest BCUT2D eigenvalue weighted by Crippen LogP contribution is -2.49. The minimum absolute atomic E-state index is 0.112. The van der Waals surface area contributed by atoms with Gasteiger partial charge in [-0.25, -0.2) is 0 Å². The maximum Gasteiger partial charge on any atom is 0.234 e. The number of benzene rings is 2. The second-order valence-corrected chi connectivity index (χ2v) is 7.14. The zero-order chi connectivity index (χ0) is 18.2. The first kappa shape index (κ1) is 18.9. The number of hydrogen-bond donors (Lipinski definition) is 1. The zero-order valence-corrected chi connectivity index (χ0v) is 15.8. The highest BCUT2D eigenvalue weighted by atomic mass is 35.5. The molecule has 1 heterocycles. The lowest BCUT2D eigenvalue weighted by molar-refractivity contribution is -0.122. The van der Waals surface area contributed by atoms with Gasteiger partial charge in [0.05, 0.1) is 6.54 Å². The van der Waals surface area contributed by atoms with Gasteiger partial charge in [0.15, 0.2) is 0 Å². The van der Waals surface area contributed by atoms with Crippen LogP contribution in [0.4, 0.5) is 0 Å². The van der Waals surface area contributed by atoms with Gasteiger partial charge >= 0.3 is 0 Å². The van der Waals surface area contributed by atoms with Gasteiger partial charge in [0.1, 0.15) is 0 Å². The number of rotatable bonds is 7. The Morgan fingerprint density at radius 3 is 2.31 bits per heavy atom. The standard InChI is InChI=1S/C21H26ClN3O/c22-20-9-5-4-8-19(20)16-24-12-14-25(15-13-24)17-21(26)23-11-10-18-6-2-1-3-7-18/h1-9H,10-17H2,(H,23,26). The molecule has 0 radical (unpaired) electrons. The third kappa shape index (κ3) is 5.84. The molecule has 0 aliphatic carbocycles. The van der Waals surface area contributed by atoms with Gasteiger partial charge in [-0.3, -0.25) is 14.6 Å². The van der Waals surface area contributed by atoms with Gasteiger partial charge in [-0.15, -0.1) is 0 Å². The average molecular weight is 372 g/mol. The van der Waals surface area contributed by atoms with E-state index in [1.165, 1.54) is 11.1 Å². The normalized spacial score (nSPS) is 15.7. The van der Waals surface area contributed by atoms with Crippen LogP contribution in [-0.2, 0) is 17.8 Å². The Morgan fingerprint density at radius 2 is 1.58 bits per heavy atom. The third-order valence-corrected chi connectivity index (χ3v) is 5.13. The lowest BCUT2D eigenvalue weighted by atomic mass is 10.1. The first-order chi connectivity index (χ1) is 12.7. The highest BCUT2D eigenvalue weighted by molar-refractivity contribution is 6.31. The van der Waals surface area contributed by atoms with E-state index in [1.54, 1.807) is 0 Å². The number of piperazine rings is 1. The highest BCUT2D eigenvalue weighted by Crippen LogP contribution is 2.17. The molecule has 2 aromatic rings. The molecule has 1 fully saturated rings. The monoisotopic (exact) mass is 371 g/mol. The van der Waals surface area contributed by atoms with Crippen molar-refractivity contribution in [2.45, 2.75) is 13.0 Å². The van der Waals surface area contributed by atoms with Gasteiger partial charge in [0.2, 0.25) is 5.91 Å². The first-order valence-corrected chi connectivity index (χ1v) is 9.57. The van der Waals surface area contributed by atoms with Gasteiger partial charge in [-0.1, -0.05) is 60.1 Å². The minimum atomic E-state index is 0.112. The van der Waals surface area contributed by atoms with Gasteiger partial charge in [-0.2, -0.15) is 0 Å². The molecular weight excluding hydrogens is 346 g/mol. The number of nitrogens with zero attached hydrogens (tertiary/aromatic N) is 2. The highest BCUT2D eigenvalue weighted by Gasteiger charge is 2.19. The van der Waals surface area contributed by atoms with E-state index in [0.29, 0.717) is 13.1 Å². The molecule has 0 aromatic heterocycles. The summed E-state index contributed by atoms with van der Waals surface area (Å²) < 4.78 is 0. The number of hydrogen-bond acceptors (Lipinski definition) is 3. The predicted octanol–water partition coefficient (Wildman–Crippen LogP) is 2.82. The number of nitrogens with one attached hydrogen (secondary N) is 1. The minimum Gasteiger partial charge on any atom is -0.355 e. The summed E-state index contributed by atoms with van der Waals surface area (Å²) in [7, 11) is 0. The van der Waals surface area contributed by atoms with Crippen molar-refractivity contribution >= 4 is 17.5 Å². The molecule has 0 unspecified atom stereocenters. The number of amides is 1. The van der Waals surface area contributed by atoms with Crippen LogP contribution in [0.3, 0.4) is 0 Å². The smallest absolute Gasteiger partial charge is 0.234 e. The molecule has 138 valence electrons. The Bertz CT molecular complexity index is 699. The molecule has 1 aliphatic rings. The van der Waals surface area contributed by atoms with E-state index in [4.69, 9.17) is 11.6 Å². The Kier molecular flexibility index (Phi) is 7.06. The number of halogens is 1.